The van der Waals surface area contributed by atoms with Gasteiger partial charge in [0.05, 0.1) is 10.8 Å². The summed E-state index contributed by atoms with van der Waals surface area (Å²) < 4.78 is 1.05. The SMILES string of the molecule is Brc1ccc(N(c2ccc3c(c2)C(c2ccccc2)(c2ccccc2)c2ccccc2-3)c2ccc3c(c2)C(c2ccccc2)(c2ccccc2)c2ccccc2-3)cc1. The lowest BCUT2D eigenvalue weighted by Gasteiger charge is -2.36. The maximum atomic E-state index is 3.74. The number of benzene rings is 9. The van der Waals surface area contributed by atoms with Gasteiger partial charge in [0.2, 0.25) is 0 Å². The molecule has 9 aromatic carbocycles. The topological polar surface area (TPSA) is 3.24 Å². The van der Waals surface area contributed by atoms with Gasteiger partial charge in [-0.15, -0.1) is 0 Å². The molecule has 0 atom stereocenters. The lowest BCUT2D eigenvalue weighted by Crippen LogP contribution is -2.29. The molecule has 0 N–H and O–H groups in total. The molecule has 2 heteroatoms. The Hall–Kier alpha value is -6.74. The van der Waals surface area contributed by atoms with Gasteiger partial charge in [-0.3, -0.25) is 0 Å². The van der Waals surface area contributed by atoms with Crippen LogP contribution in [0.1, 0.15) is 44.5 Å². The van der Waals surface area contributed by atoms with Crippen LogP contribution in [0.2, 0.25) is 0 Å². The predicted molar refractivity (Wildman–Crippen MR) is 243 cm³/mol. The second-order valence-electron chi connectivity index (χ2n) is 15.3. The highest BCUT2D eigenvalue weighted by molar-refractivity contribution is 9.10. The summed E-state index contributed by atoms with van der Waals surface area (Å²) in [5.74, 6) is 0. The monoisotopic (exact) mass is 803 g/mol. The summed E-state index contributed by atoms with van der Waals surface area (Å²) >= 11 is 3.74. The van der Waals surface area contributed by atoms with E-state index >= 15 is 0 Å². The van der Waals surface area contributed by atoms with Crippen LogP contribution in [-0.2, 0) is 10.8 Å². The molecule has 2 aliphatic rings. The van der Waals surface area contributed by atoms with Gasteiger partial charge < -0.3 is 4.90 Å². The highest BCUT2D eigenvalue weighted by Crippen LogP contribution is 2.59. The first kappa shape index (κ1) is 34.5. The molecule has 0 bridgehead atoms. The summed E-state index contributed by atoms with van der Waals surface area (Å²) in [6.07, 6.45) is 0. The highest BCUT2D eigenvalue weighted by atomic mass is 79.9. The summed E-state index contributed by atoms with van der Waals surface area (Å²) in [5.41, 5.74) is 17.5. The number of hydrogen-bond acceptors (Lipinski definition) is 1. The molecule has 0 unspecified atom stereocenters. The molecule has 0 heterocycles. The molecule has 0 saturated heterocycles. The molecule has 0 radical (unpaired) electrons. The normalized spacial score (nSPS) is 13.9. The van der Waals surface area contributed by atoms with E-state index in [9.17, 15) is 0 Å². The van der Waals surface area contributed by atoms with Gasteiger partial charge in [-0.25, -0.2) is 0 Å². The fraction of sp³-hybridized carbons (Fsp3) is 0.0357. The average Bonchev–Trinajstić information content (AvgIpc) is 3.76. The molecule has 0 aromatic heterocycles. The molecule has 1 nitrogen and oxygen atoms in total. The number of rotatable bonds is 7. The van der Waals surface area contributed by atoms with Crippen molar-refractivity contribution in [1.82, 2.24) is 0 Å². The zero-order valence-electron chi connectivity index (χ0n) is 31.8. The number of halogens is 1. The first-order valence-electron chi connectivity index (χ1n) is 20.0. The van der Waals surface area contributed by atoms with E-state index in [1.54, 1.807) is 0 Å². The van der Waals surface area contributed by atoms with Gasteiger partial charge in [0.25, 0.3) is 0 Å². The van der Waals surface area contributed by atoms with Gasteiger partial charge in [-0.2, -0.15) is 0 Å². The summed E-state index contributed by atoms with van der Waals surface area (Å²) in [6, 6.07) is 85.1. The van der Waals surface area contributed by atoms with E-state index in [2.05, 4.69) is 251 Å². The predicted octanol–water partition coefficient (Wildman–Crippen LogP) is 14.6. The van der Waals surface area contributed by atoms with Gasteiger partial charge >= 0.3 is 0 Å². The molecule has 11 rings (SSSR count). The first-order valence-corrected chi connectivity index (χ1v) is 20.7. The van der Waals surface area contributed by atoms with Crippen molar-refractivity contribution < 1.29 is 0 Å². The van der Waals surface area contributed by atoms with Crippen LogP contribution in [0, 0.1) is 0 Å². The van der Waals surface area contributed by atoms with E-state index in [1.165, 1.54) is 66.8 Å². The summed E-state index contributed by atoms with van der Waals surface area (Å²) in [7, 11) is 0. The Morgan fingerprint density at radius 1 is 0.276 bits per heavy atom. The second-order valence-corrected chi connectivity index (χ2v) is 16.2. The van der Waals surface area contributed by atoms with Gasteiger partial charge in [-0.05, 0) is 115 Å². The molecular weight excluding hydrogens is 767 g/mol. The maximum Gasteiger partial charge on any atom is 0.0714 e. The summed E-state index contributed by atoms with van der Waals surface area (Å²) in [4.78, 5) is 2.44. The van der Waals surface area contributed by atoms with Crippen molar-refractivity contribution in [2.24, 2.45) is 0 Å². The lowest BCUT2D eigenvalue weighted by atomic mass is 9.67. The molecule has 9 aromatic rings. The minimum Gasteiger partial charge on any atom is -0.310 e. The quantitative estimate of drug-likeness (QED) is 0.155. The number of hydrogen-bond donors (Lipinski definition) is 0. The Bertz CT molecular complexity index is 2680. The van der Waals surface area contributed by atoms with Crippen LogP contribution in [0.25, 0.3) is 22.3 Å². The number of anilines is 3. The molecule has 274 valence electrons. The van der Waals surface area contributed by atoms with Gasteiger partial charge in [0.15, 0.2) is 0 Å². The fourth-order valence-electron chi connectivity index (χ4n) is 10.2. The Morgan fingerprint density at radius 2 is 0.586 bits per heavy atom. The second kappa shape index (κ2) is 13.7. The number of fused-ring (bicyclic) bond motifs is 6. The molecule has 0 saturated carbocycles. The fourth-order valence-corrected chi connectivity index (χ4v) is 10.4. The van der Waals surface area contributed by atoms with E-state index in [-0.39, 0.29) is 0 Å². The zero-order valence-corrected chi connectivity index (χ0v) is 33.4. The van der Waals surface area contributed by atoms with Crippen molar-refractivity contribution in [3.8, 4) is 22.3 Å². The standard InChI is InChI=1S/C56H38BrN/c57-43-29-31-44(32-30-43)58(45-33-35-49-47-25-13-15-27-51(47)55(53(49)37-45,39-17-5-1-6-18-39)40-19-7-2-8-20-40)46-34-36-50-48-26-14-16-28-52(48)56(54(50)38-46,41-21-9-3-10-22-41)42-23-11-4-12-24-42/h1-38H. The average molecular weight is 805 g/mol. The van der Waals surface area contributed by atoms with E-state index in [4.69, 9.17) is 0 Å². The van der Waals surface area contributed by atoms with Gasteiger partial charge in [0, 0.05) is 21.5 Å². The molecule has 58 heavy (non-hydrogen) atoms. The third-order valence-corrected chi connectivity index (χ3v) is 13.0. The summed E-state index contributed by atoms with van der Waals surface area (Å²) in [5, 5.41) is 0. The Kier molecular flexibility index (Phi) is 8.17. The van der Waals surface area contributed by atoms with E-state index in [0.717, 1.165) is 21.5 Å². The molecule has 0 amide bonds. The Balaban J connectivity index is 1.19. The largest absolute Gasteiger partial charge is 0.310 e. The molecule has 2 aliphatic carbocycles. The smallest absolute Gasteiger partial charge is 0.0714 e. The number of nitrogens with zero attached hydrogens (tertiary/aromatic N) is 1. The van der Waals surface area contributed by atoms with Gasteiger partial charge in [-0.1, -0.05) is 198 Å². The Labute approximate surface area is 348 Å². The van der Waals surface area contributed by atoms with Crippen LogP contribution in [0.4, 0.5) is 17.1 Å². The van der Waals surface area contributed by atoms with Crippen molar-refractivity contribution in [2.45, 2.75) is 10.8 Å². The van der Waals surface area contributed by atoms with Crippen LogP contribution in [0.15, 0.2) is 235 Å². The van der Waals surface area contributed by atoms with Crippen molar-refractivity contribution in [2.75, 3.05) is 4.90 Å². The third kappa shape index (κ3) is 5.01. The van der Waals surface area contributed by atoms with Gasteiger partial charge in [0.1, 0.15) is 0 Å². The van der Waals surface area contributed by atoms with Crippen LogP contribution in [-0.4, -0.2) is 0 Å². The van der Waals surface area contributed by atoms with Crippen LogP contribution in [0.5, 0.6) is 0 Å². The molecular formula is C56H38BrN. The van der Waals surface area contributed by atoms with Crippen molar-refractivity contribution >= 4 is 33.0 Å². The molecule has 0 spiro atoms. The lowest BCUT2D eigenvalue weighted by molar-refractivity contribution is 0.767. The minimum atomic E-state index is -0.509. The molecule has 0 fully saturated rings. The minimum absolute atomic E-state index is 0.509. The van der Waals surface area contributed by atoms with E-state index in [1.807, 2.05) is 0 Å². The Morgan fingerprint density at radius 3 is 0.966 bits per heavy atom. The van der Waals surface area contributed by atoms with E-state index in [0.29, 0.717) is 0 Å². The van der Waals surface area contributed by atoms with Crippen molar-refractivity contribution in [3.63, 3.8) is 0 Å². The van der Waals surface area contributed by atoms with Crippen LogP contribution >= 0.6 is 15.9 Å². The van der Waals surface area contributed by atoms with E-state index < -0.39 is 10.8 Å². The maximum absolute atomic E-state index is 3.74. The molecule has 0 aliphatic heterocycles. The summed E-state index contributed by atoms with van der Waals surface area (Å²) in [6.45, 7) is 0. The zero-order chi connectivity index (χ0) is 38.7. The van der Waals surface area contributed by atoms with Crippen molar-refractivity contribution in [1.29, 1.82) is 0 Å². The third-order valence-electron chi connectivity index (χ3n) is 12.5. The first-order chi connectivity index (χ1) is 28.7. The van der Waals surface area contributed by atoms with Crippen molar-refractivity contribution in [3.05, 3.63) is 280 Å². The van der Waals surface area contributed by atoms with Crippen LogP contribution < -0.4 is 4.90 Å². The van der Waals surface area contributed by atoms with Crippen LogP contribution in [0.3, 0.4) is 0 Å². The highest BCUT2D eigenvalue weighted by Gasteiger charge is 2.48.